The van der Waals surface area contributed by atoms with Gasteiger partial charge in [-0.3, -0.25) is 0 Å². The second kappa shape index (κ2) is 7.15. The van der Waals surface area contributed by atoms with Gasteiger partial charge in [-0.25, -0.2) is 9.59 Å². The highest BCUT2D eigenvalue weighted by molar-refractivity contribution is 5.92. The lowest BCUT2D eigenvalue weighted by Gasteiger charge is -2.09. The molecule has 0 saturated heterocycles. The molecule has 1 heterocycles. The second-order valence-corrected chi connectivity index (χ2v) is 6.67. The fourth-order valence-electron chi connectivity index (χ4n) is 3.42. The summed E-state index contributed by atoms with van der Waals surface area (Å²) in [6.45, 7) is 0.312. The maximum Gasteiger partial charge on any atom is 0.343 e. The molecule has 6 heteroatoms. The molecule has 138 valence electrons. The standard InChI is InChI=1S/C21H20N2O4/c22-21(25)23-12-13-5-7-14(8-6-13)20(24)26-15-9-10-19-17(11-15)16-3-1-2-4-18(16)27-19/h5-11H,1-4,12H2,(H3,22,23,25). The summed E-state index contributed by atoms with van der Waals surface area (Å²) in [5, 5.41) is 3.53. The molecule has 27 heavy (non-hydrogen) atoms. The number of hydrogen-bond donors (Lipinski definition) is 2. The SMILES string of the molecule is NC(=O)NCc1ccc(C(=O)Oc2ccc3oc4c(c3c2)CCCC4)cc1. The van der Waals surface area contributed by atoms with Gasteiger partial charge in [-0.1, -0.05) is 12.1 Å². The van der Waals surface area contributed by atoms with Gasteiger partial charge in [0.05, 0.1) is 5.56 Å². The Morgan fingerprint density at radius 1 is 1.07 bits per heavy atom. The molecule has 2 aromatic carbocycles. The van der Waals surface area contributed by atoms with Crippen molar-refractivity contribution in [2.75, 3.05) is 0 Å². The molecular weight excluding hydrogens is 344 g/mol. The van der Waals surface area contributed by atoms with Gasteiger partial charge >= 0.3 is 12.0 Å². The number of benzene rings is 2. The van der Waals surface area contributed by atoms with Crippen molar-refractivity contribution >= 4 is 23.0 Å². The monoisotopic (exact) mass is 364 g/mol. The number of urea groups is 1. The molecule has 3 N–H and O–H groups in total. The van der Waals surface area contributed by atoms with Crippen molar-refractivity contribution < 1.29 is 18.7 Å². The van der Waals surface area contributed by atoms with E-state index in [4.69, 9.17) is 14.9 Å². The number of aryl methyl sites for hydroxylation is 2. The molecule has 0 bridgehead atoms. The summed E-state index contributed by atoms with van der Waals surface area (Å²) < 4.78 is 11.4. The number of nitrogens with one attached hydrogen (secondary N) is 1. The molecular formula is C21H20N2O4. The van der Waals surface area contributed by atoms with Crippen LogP contribution in [-0.4, -0.2) is 12.0 Å². The maximum absolute atomic E-state index is 12.4. The van der Waals surface area contributed by atoms with Gasteiger partial charge in [-0.2, -0.15) is 0 Å². The van der Waals surface area contributed by atoms with Gasteiger partial charge < -0.3 is 20.2 Å². The molecule has 0 fully saturated rings. The van der Waals surface area contributed by atoms with Gasteiger partial charge in [0.25, 0.3) is 0 Å². The third kappa shape index (κ3) is 3.65. The summed E-state index contributed by atoms with van der Waals surface area (Å²) in [6.07, 6.45) is 4.28. The van der Waals surface area contributed by atoms with Crippen molar-refractivity contribution in [1.82, 2.24) is 5.32 Å². The van der Waals surface area contributed by atoms with Gasteiger partial charge in [0, 0.05) is 23.9 Å². The van der Waals surface area contributed by atoms with Crippen molar-refractivity contribution in [1.29, 1.82) is 0 Å². The minimum atomic E-state index is -0.588. The van der Waals surface area contributed by atoms with Crippen LogP contribution in [0.4, 0.5) is 4.79 Å². The molecule has 3 aromatic rings. The number of nitrogens with two attached hydrogens (primary N) is 1. The lowest BCUT2D eigenvalue weighted by molar-refractivity contribution is 0.0735. The van der Waals surface area contributed by atoms with Crippen LogP contribution < -0.4 is 15.8 Å². The number of hydrogen-bond acceptors (Lipinski definition) is 4. The van der Waals surface area contributed by atoms with Crippen LogP contribution in [0.1, 0.15) is 40.1 Å². The molecule has 0 atom stereocenters. The number of rotatable bonds is 4. The highest BCUT2D eigenvalue weighted by Gasteiger charge is 2.18. The van der Waals surface area contributed by atoms with Gasteiger partial charge in [0.15, 0.2) is 0 Å². The number of amides is 2. The molecule has 0 radical (unpaired) electrons. The van der Waals surface area contributed by atoms with Crippen LogP contribution in [0.5, 0.6) is 5.75 Å². The summed E-state index contributed by atoms with van der Waals surface area (Å²) in [7, 11) is 0. The number of fused-ring (bicyclic) bond motifs is 3. The third-order valence-electron chi connectivity index (χ3n) is 4.79. The lowest BCUT2D eigenvalue weighted by Crippen LogP contribution is -2.28. The Balaban J connectivity index is 1.50. The summed E-state index contributed by atoms with van der Waals surface area (Å²) in [6, 6.07) is 11.7. The van der Waals surface area contributed by atoms with E-state index in [2.05, 4.69) is 5.32 Å². The van der Waals surface area contributed by atoms with Crippen LogP contribution in [0.15, 0.2) is 46.9 Å². The van der Waals surface area contributed by atoms with Gasteiger partial charge in [-0.05, 0) is 55.2 Å². The van der Waals surface area contributed by atoms with E-state index in [1.165, 1.54) is 5.56 Å². The molecule has 0 spiro atoms. The van der Waals surface area contributed by atoms with Crippen LogP contribution in [0, 0.1) is 0 Å². The van der Waals surface area contributed by atoms with E-state index in [-0.39, 0.29) is 0 Å². The number of primary amides is 1. The van der Waals surface area contributed by atoms with E-state index in [0.717, 1.165) is 48.0 Å². The zero-order valence-electron chi connectivity index (χ0n) is 14.8. The summed E-state index contributed by atoms with van der Waals surface area (Å²) in [5.41, 5.74) is 8.41. The summed E-state index contributed by atoms with van der Waals surface area (Å²) in [5.74, 6) is 1.13. The highest BCUT2D eigenvalue weighted by Crippen LogP contribution is 2.34. The van der Waals surface area contributed by atoms with Gasteiger partial charge in [0.1, 0.15) is 17.1 Å². The van der Waals surface area contributed by atoms with Crippen molar-refractivity contribution in [3.63, 3.8) is 0 Å². The number of carbonyl (C=O) groups is 2. The Morgan fingerprint density at radius 2 is 1.85 bits per heavy atom. The predicted octanol–water partition coefficient (Wildman–Crippen LogP) is 3.70. The first-order valence-electron chi connectivity index (χ1n) is 8.99. The van der Waals surface area contributed by atoms with E-state index in [1.807, 2.05) is 12.1 Å². The fourth-order valence-corrected chi connectivity index (χ4v) is 3.42. The van der Waals surface area contributed by atoms with E-state index in [0.29, 0.717) is 17.9 Å². The third-order valence-corrected chi connectivity index (χ3v) is 4.79. The normalized spacial score (nSPS) is 13.2. The minimum Gasteiger partial charge on any atom is -0.461 e. The summed E-state index contributed by atoms with van der Waals surface area (Å²) in [4.78, 5) is 23.2. The number of furan rings is 1. The molecule has 0 saturated carbocycles. The predicted molar refractivity (Wildman–Crippen MR) is 101 cm³/mol. The first-order valence-corrected chi connectivity index (χ1v) is 8.99. The van der Waals surface area contributed by atoms with Crippen LogP contribution in [0.25, 0.3) is 11.0 Å². The smallest absolute Gasteiger partial charge is 0.343 e. The molecule has 4 rings (SSSR count). The Kier molecular flexibility index (Phi) is 4.54. The molecule has 0 unspecified atom stereocenters. The van der Waals surface area contributed by atoms with Gasteiger partial charge in [-0.15, -0.1) is 0 Å². The minimum absolute atomic E-state index is 0.312. The maximum atomic E-state index is 12.4. The van der Waals surface area contributed by atoms with Crippen molar-refractivity contribution in [3.05, 3.63) is 64.9 Å². The van der Waals surface area contributed by atoms with E-state index in [9.17, 15) is 9.59 Å². The Labute approximate surface area is 156 Å². The van der Waals surface area contributed by atoms with Crippen LogP contribution in [0.3, 0.4) is 0 Å². The average molecular weight is 364 g/mol. The zero-order valence-corrected chi connectivity index (χ0v) is 14.8. The van der Waals surface area contributed by atoms with Crippen LogP contribution >= 0.6 is 0 Å². The molecule has 0 aliphatic heterocycles. The van der Waals surface area contributed by atoms with E-state index >= 15 is 0 Å². The molecule has 1 aromatic heterocycles. The topological polar surface area (TPSA) is 94.6 Å². The second-order valence-electron chi connectivity index (χ2n) is 6.67. The molecule has 2 amide bonds. The quantitative estimate of drug-likeness (QED) is 0.545. The van der Waals surface area contributed by atoms with Crippen molar-refractivity contribution in [2.24, 2.45) is 5.73 Å². The van der Waals surface area contributed by atoms with Crippen molar-refractivity contribution in [3.8, 4) is 5.75 Å². The summed E-state index contributed by atoms with van der Waals surface area (Å²) >= 11 is 0. The van der Waals surface area contributed by atoms with E-state index < -0.39 is 12.0 Å². The average Bonchev–Trinajstić information content (AvgIpc) is 3.05. The van der Waals surface area contributed by atoms with E-state index in [1.54, 1.807) is 30.3 Å². The fraction of sp³-hybridized carbons (Fsp3) is 0.238. The van der Waals surface area contributed by atoms with Gasteiger partial charge in [0.2, 0.25) is 0 Å². The van der Waals surface area contributed by atoms with Crippen LogP contribution in [0.2, 0.25) is 0 Å². The van der Waals surface area contributed by atoms with Crippen molar-refractivity contribution in [2.45, 2.75) is 32.2 Å². The molecule has 6 nitrogen and oxygen atoms in total. The first-order chi connectivity index (χ1) is 13.1. The number of ether oxygens (including phenoxy) is 1. The zero-order chi connectivity index (χ0) is 18.8. The Hall–Kier alpha value is -3.28. The largest absolute Gasteiger partial charge is 0.461 e. The highest BCUT2D eigenvalue weighted by atomic mass is 16.5. The first kappa shape index (κ1) is 17.1. The number of esters is 1. The molecule has 1 aliphatic carbocycles. The Bertz CT molecular complexity index is 1000. The lowest BCUT2D eigenvalue weighted by atomic mass is 9.96. The molecule has 1 aliphatic rings. The number of carbonyl (C=O) groups excluding carboxylic acids is 2. The Morgan fingerprint density at radius 3 is 2.63 bits per heavy atom. The van der Waals surface area contributed by atoms with Crippen LogP contribution in [-0.2, 0) is 19.4 Å².